The summed E-state index contributed by atoms with van der Waals surface area (Å²) in [5.74, 6) is 1.93. The van der Waals surface area contributed by atoms with Crippen molar-refractivity contribution in [1.82, 2.24) is 0 Å². The lowest BCUT2D eigenvalue weighted by molar-refractivity contribution is 0.567. The average molecular weight is 235 g/mol. The molecule has 1 nitrogen and oxygen atoms in total. The van der Waals surface area contributed by atoms with Gasteiger partial charge < -0.3 is 0 Å². The summed E-state index contributed by atoms with van der Waals surface area (Å²) in [7, 11) is 0. The Labute approximate surface area is 84.9 Å². The van der Waals surface area contributed by atoms with Crippen LogP contribution in [0.1, 0.15) is 11.1 Å². The van der Waals surface area contributed by atoms with E-state index < -0.39 is 0 Å². The van der Waals surface area contributed by atoms with E-state index in [0.717, 1.165) is 10.0 Å². The van der Waals surface area contributed by atoms with Crippen LogP contribution in [-0.4, -0.2) is 5.94 Å². The van der Waals surface area contributed by atoms with Crippen LogP contribution in [0.3, 0.4) is 0 Å². The molecular formula is C11H7BrO. The summed E-state index contributed by atoms with van der Waals surface area (Å²) in [4.78, 5) is 10.4. The Morgan fingerprint density at radius 1 is 1.31 bits per heavy atom. The molecule has 1 aromatic carbocycles. The Morgan fingerprint density at radius 2 is 2.15 bits per heavy atom. The van der Waals surface area contributed by atoms with E-state index in [1.165, 1.54) is 11.1 Å². The van der Waals surface area contributed by atoms with Gasteiger partial charge in [-0.15, -0.1) is 0 Å². The molecule has 2 heteroatoms. The van der Waals surface area contributed by atoms with Crippen molar-refractivity contribution in [3.8, 4) is 0 Å². The zero-order valence-corrected chi connectivity index (χ0v) is 8.47. The van der Waals surface area contributed by atoms with Crippen molar-refractivity contribution in [2.24, 2.45) is 0 Å². The Kier molecular flexibility index (Phi) is 2.17. The molecule has 0 fully saturated rings. The van der Waals surface area contributed by atoms with Crippen molar-refractivity contribution in [2.45, 2.75) is 6.42 Å². The lowest BCUT2D eigenvalue weighted by Gasteiger charge is -2.10. The maximum Gasteiger partial charge on any atom is 0.128 e. The molecule has 1 aliphatic carbocycles. The molecule has 0 heterocycles. The summed E-state index contributed by atoms with van der Waals surface area (Å²) in [5.41, 5.74) is 3.08. The molecule has 0 atom stereocenters. The van der Waals surface area contributed by atoms with Crippen LogP contribution in [0.2, 0.25) is 0 Å². The van der Waals surface area contributed by atoms with E-state index in [1.807, 2.05) is 36.3 Å². The Hall–Kier alpha value is -1.11. The lowest BCUT2D eigenvalue weighted by Crippen LogP contribution is -1.97. The minimum Gasteiger partial charge on any atom is -0.233 e. The van der Waals surface area contributed by atoms with Crippen molar-refractivity contribution in [3.63, 3.8) is 0 Å². The summed E-state index contributed by atoms with van der Waals surface area (Å²) < 4.78 is 1.06. The van der Waals surface area contributed by atoms with Crippen molar-refractivity contribution >= 4 is 27.9 Å². The SMILES string of the molecule is O=C=C1C=Cc2cc(Br)ccc2C1. The Bertz CT molecular complexity index is 426. The minimum absolute atomic E-state index is 0.697. The van der Waals surface area contributed by atoms with Gasteiger partial charge in [-0.3, -0.25) is 0 Å². The second kappa shape index (κ2) is 3.33. The summed E-state index contributed by atoms with van der Waals surface area (Å²) >= 11 is 3.40. The van der Waals surface area contributed by atoms with Crippen molar-refractivity contribution in [3.05, 3.63) is 45.4 Å². The van der Waals surface area contributed by atoms with Crippen LogP contribution in [0.5, 0.6) is 0 Å². The fourth-order valence-electron chi connectivity index (χ4n) is 1.41. The van der Waals surface area contributed by atoms with Crippen LogP contribution in [0, 0.1) is 0 Å². The van der Waals surface area contributed by atoms with Gasteiger partial charge in [-0.1, -0.05) is 28.1 Å². The third kappa shape index (κ3) is 1.64. The smallest absolute Gasteiger partial charge is 0.128 e. The first-order chi connectivity index (χ1) is 6.29. The van der Waals surface area contributed by atoms with Crippen LogP contribution in [0.25, 0.3) is 6.08 Å². The molecule has 0 amide bonds. The molecule has 2 rings (SSSR count). The third-order valence-electron chi connectivity index (χ3n) is 2.08. The minimum atomic E-state index is 0.697. The normalized spacial score (nSPS) is 13.8. The molecular weight excluding hydrogens is 228 g/mol. The van der Waals surface area contributed by atoms with E-state index in [0.29, 0.717) is 6.42 Å². The van der Waals surface area contributed by atoms with Gasteiger partial charge in [0.15, 0.2) is 0 Å². The number of benzene rings is 1. The van der Waals surface area contributed by atoms with E-state index in [4.69, 9.17) is 0 Å². The molecule has 0 N–H and O–H groups in total. The van der Waals surface area contributed by atoms with E-state index in [2.05, 4.69) is 15.9 Å². The molecule has 0 bridgehead atoms. The fraction of sp³-hybridized carbons (Fsp3) is 0.0909. The first-order valence-electron chi connectivity index (χ1n) is 4.00. The average Bonchev–Trinajstić information content (AvgIpc) is 2.17. The topological polar surface area (TPSA) is 17.1 Å². The van der Waals surface area contributed by atoms with Crippen LogP contribution >= 0.6 is 15.9 Å². The first kappa shape index (κ1) is 8.49. The molecule has 0 saturated heterocycles. The molecule has 13 heavy (non-hydrogen) atoms. The second-order valence-corrected chi connectivity index (χ2v) is 3.90. The Morgan fingerprint density at radius 3 is 2.92 bits per heavy atom. The number of carbonyl (C=O) groups excluding carboxylic acids is 1. The highest BCUT2D eigenvalue weighted by Gasteiger charge is 2.07. The quantitative estimate of drug-likeness (QED) is 0.632. The van der Waals surface area contributed by atoms with Crippen LogP contribution in [0.4, 0.5) is 0 Å². The van der Waals surface area contributed by atoms with Gasteiger partial charge in [0.05, 0.1) is 0 Å². The highest BCUT2D eigenvalue weighted by atomic mass is 79.9. The number of fused-ring (bicyclic) bond motifs is 1. The largest absolute Gasteiger partial charge is 0.233 e. The number of halogens is 1. The van der Waals surface area contributed by atoms with E-state index in [-0.39, 0.29) is 0 Å². The highest BCUT2D eigenvalue weighted by molar-refractivity contribution is 9.10. The third-order valence-corrected chi connectivity index (χ3v) is 2.58. The summed E-state index contributed by atoms with van der Waals surface area (Å²) in [5, 5.41) is 0. The van der Waals surface area contributed by atoms with Gasteiger partial charge in [-0.05, 0) is 29.3 Å². The zero-order valence-electron chi connectivity index (χ0n) is 6.88. The van der Waals surface area contributed by atoms with E-state index in [1.54, 1.807) is 0 Å². The predicted octanol–water partition coefficient (Wildman–Crippen LogP) is 2.78. The van der Waals surface area contributed by atoms with Crippen molar-refractivity contribution in [1.29, 1.82) is 0 Å². The predicted molar refractivity (Wildman–Crippen MR) is 56.1 cm³/mol. The van der Waals surface area contributed by atoms with Crippen molar-refractivity contribution < 1.29 is 4.79 Å². The molecule has 0 aromatic heterocycles. The zero-order chi connectivity index (χ0) is 9.26. The number of allylic oxidation sites excluding steroid dienone is 2. The van der Waals surface area contributed by atoms with Gasteiger partial charge in [0.25, 0.3) is 0 Å². The molecule has 0 radical (unpaired) electrons. The van der Waals surface area contributed by atoms with E-state index in [9.17, 15) is 4.79 Å². The molecule has 0 aliphatic heterocycles. The second-order valence-electron chi connectivity index (χ2n) is 2.98. The maximum atomic E-state index is 10.4. The standard InChI is InChI=1S/C11H7BrO/c12-11-4-3-9-5-8(7-13)1-2-10(9)6-11/h1-4,6H,5H2. The first-order valence-corrected chi connectivity index (χ1v) is 4.79. The number of hydrogen-bond acceptors (Lipinski definition) is 1. The fourth-order valence-corrected chi connectivity index (χ4v) is 1.79. The van der Waals surface area contributed by atoms with Crippen LogP contribution in [0.15, 0.2) is 34.3 Å². The van der Waals surface area contributed by atoms with Crippen LogP contribution < -0.4 is 0 Å². The van der Waals surface area contributed by atoms with Gasteiger partial charge in [0.1, 0.15) is 5.94 Å². The summed E-state index contributed by atoms with van der Waals surface area (Å²) in [6.45, 7) is 0. The Balaban J connectivity index is 2.52. The van der Waals surface area contributed by atoms with Gasteiger partial charge in [-0.25, -0.2) is 4.79 Å². The monoisotopic (exact) mass is 234 g/mol. The van der Waals surface area contributed by atoms with Gasteiger partial charge in [0, 0.05) is 16.5 Å². The van der Waals surface area contributed by atoms with Gasteiger partial charge in [0.2, 0.25) is 0 Å². The molecule has 0 saturated carbocycles. The molecule has 1 aliphatic rings. The number of hydrogen-bond donors (Lipinski definition) is 0. The van der Waals surface area contributed by atoms with Gasteiger partial charge in [-0.2, -0.15) is 0 Å². The molecule has 0 spiro atoms. The van der Waals surface area contributed by atoms with Gasteiger partial charge >= 0.3 is 0 Å². The molecule has 64 valence electrons. The highest BCUT2D eigenvalue weighted by Crippen LogP contribution is 2.24. The molecule has 1 aromatic rings. The molecule has 0 unspecified atom stereocenters. The lowest BCUT2D eigenvalue weighted by atomic mass is 9.95. The van der Waals surface area contributed by atoms with E-state index >= 15 is 0 Å². The number of rotatable bonds is 0. The summed E-state index contributed by atoms with van der Waals surface area (Å²) in [6.07, 6.45) is 4.47. The van der Waals surface area contributed by atoms with Crippen molar-refractivity contribution in [2.75, 3.05) is 0 Å². The summed E-state index contributed by atoms with van der Waals surface area (Å²) in [6, 6.07) is 6.06. The maximum absolute atomic E-state index is 10.4. The van der Waals surface area contributed by atoms with Crippen LogP contribution in [-0.2, 0) is 11.2 Å².